The first kappa shape index (κ1) is 19.9. The molecule has 0 spiro atoms. The average molecular weight is 335 g/mol. The fourth-order valence-corrected chi connectivity index (χ4v) is 11.5. The van der Waals surface area contributed by atoms with Crippen molar-refractivity contribution in [2.75, 3.05) is 0 Å². The minimum absolute atomic E-state index is 0.577. The lowest BCUT2D eigenvalue weighted by atomic mass is 9.84. The normalized spacial score (nSPS) is 32.0. The van der Waals surface area contributed by atoms with Crippen molar-refractivity contribution in [3.05, 3.63) is 0 Å². The summed E-state index contributed by atoms with van der Waals surface area (Å²) in [4.78, 5) is 0. The van der Waals surface area contributed by atoms with Crippen molar-refractivity contribution in [3.8, 4) is 0 Å². The Balaban J connectivity index is 2.04. The number of rotatable bonds is 9. The molecule has 0 radical (unpaired) electrons. The van der Waals surface area contributed by atoms with Crippen LogP contribution in [-0.2, 0) is 0 Å². The molecule has 2 rings (SSSR count). The van der Waals surface area contributed by atoms with Crippen LogP contribution in [0.5, 0.6) is 0 Å². The molecule has 0 aromatic carbocycles. The highest BCUT2D eigenvalue weighted by atomic mass is 27.2. The molecule has 0 aliphatic heterocycles. The van der Waals surface area contributed by atoms with E-state index in [1.165, 1.54) is 35.2 Å². The first-order valence-corrected chi connectivity index (χ1v) is 13.5. The third-order valence-corrected chi connectivity index (χ3v) is 12.3. The summed E-state index contributed by atoms with van der Waals surface area (Å²) in [5.41, 5.74) is 0. The molecular weight excluding hydrogens is 291 g/mol. The third kappa shape index (κ3) is 5.78. The van der Waals surface area contributed by atoms with Crippen LogP contribution in [0.2, 0.25) is 14.8 Å². The van der Waals surface area contributed by atoms with E-state index in [1.807, 2.05) is 0 Å². The van der Waals surface area contributed by atoms with Crippen molar-refractivity contribution in [1.29, 1.82) is 0 Å². The Morgan fingerprint density at radius 3 is 1.48 bits per heavy atom. The van der Waals surface area contributed by atoms with Crippen LogP contribution >= 0.6 is 0 Å². The molecule has 2 aliphatic rings. The van der Waals surface area contributed by atoms with Crippen molar-refractivity contribution >= 4 is 14.1 Å². The fraction of sp³-hybridized carbons (Fsp3) is 1.00. The SMILES string of the molecule is CCCCC1CCCC[CH]1[Al]([CH2]C)[CH]1CCCCC1CCCC. The minimum Gasteiger partial charge on any atom is -0.0964 e. The third-order valence-electron chi connectivity index (χ3n) is 7.36. The van der Waals surface area contributed by atoms with Gasteiger partial charge >= 0.3 is 0 Å². The van der Waals surface area contributed by atoms with E-state index in [0.717, 1.165) is 11.8 Å². The molecule has 0 bridgehead atoms. The van der Waals surface area contributed by atoms with Gasteiger partial charge < -0.3 is 0 Å². The van der Waals surface area contributed by atoms with Gasteiger partial charge in [0, 0.05) is 0 Å². The van der Waals surface area contributed by atoms with Crippen LogP contribution < -0.4 is 0 Å². The van der Waals surface area contributed by atoms with Crippen molar-refractivity contribution < 1.29 is 0 Å². The lowest BCUT2D eigenvalue weighted by Crippen LogP contribution is -2.37. The molecule has 0 N–H and O–H groups in total. The number of unbranched alkanes of at least 4 members (excludes halogenated alkanes) is 2. The molecule has 23 heavy (non-hydrogen) atoms. The maximum atomic E-state index is 2.58. The van der Waals surface area contributed by atoms with Crippen LogP contribution in [-0.4, -0.2) is 14.1 Å². The summed E-state index contributed by atoms with van der Waals surface area (Å²) in [5.74, 6) is 2.27. The van der Waals surface area contributed by atoms with Crippen molar-refractivity contribution in [1.82, 2.24) is 0 Å². The molecule has 2 aliphatic carbocycles. The lowest BCUT2D eigenvalue weighted by Gasteiger charge is -2.43. The van der Waals surface area contributed by atoms with Gasteiger partial charge in [0.15, 0.2) is 0 Å². The van der Waals surface area contributed by atoms with Crippen LogP contribution in [0.1, 0.15) is 111 Å². The quantitative estimate of drug-likeness (QED) is 0.375. The Labute approximate surface area is 151 Å². The molecule has 0 saturated heterocycles. The number of hydrogen-bond donors (Lipinski definition) is 0. The Morgan fingerprint density at radius 1 is 0.652 bits per heavy atom. The highest BCUT2D eigenvalue weighted by molar-refractivity contribution is 6.62. The smallest absolute Gasteiger partial charge is 0.0964 e. The predicted octanol–water partition coefficient (Wildman–Crippen LogP) is 8.00. The zero-order valence-electron chi connectivity index (χ0n) is 16.5. The van der Waals surface area contributed by atoms with Crippen LogP contribution in [0.3, 0.4) is 0 Å². The molecule has 2 saturated carbocycles. The largest absolute Gasteiger partial charge is 0.269 e. The van der Waals surface area contributed by atoms with E-state index in [9.17, 15) is 0 Å². The van der Waals surface area contributed by atoms with Crippen LogP contribution in [0.15, 0.2) is 0 Å². The van der Waals surface area contributed by atoms with Crippen LogP contribution in [0.4, 0.5) is 0 Å². The van der Waals surface area contributed by atoms with Gasteiger partial charge in [0.05, 0.1) is 0 Å². The summed E-state index contributed by atoms with van der Waals surface area (Å²) in [6.45, 7) is 7.34. The molecular formula is C22H43Al. The van der Waals surface area contributed by atoms with E-state index >= 15 is 0 Å². The number of hydrogen-bond acceptors (Lipinski definition) is 0. The van der Waals surface area contributed by atoms with Crippen LogP contribution in [0, 0.1) is 11.8 Å². The van der Waals surface area contributed by atoms with Gasteiger partial charge in [0.2, 0.25) is 0 Å². The maximum Gasteiger partial charge on any atom is 0.269 e. The second-order valence-electron chi connectivity index (χ2n) is 8.77. The Morgan fingerprint density at radius 2 is 1.09 bits per heavy atom. The first-order valence-electron chi connectivity index (χ1n) is 11.3. The Hall–Kier alpha value is 0.532. The first-order chi connectivity index (χ1) is 11.3. The predicted molar refractivity (Wildman–Crippen MR) is 107 cm³/mol. The van der Waals surface area contributed by atoms with E-state index < -0.39 is 14.1 Å². The molecule has 2 fully saturated rings. The maximum absolute atomic E-state index is 2.58. The highest BCUT2D eigenvalue weighted by Crippen LogP contribution is 2.49. The molecule has 0 aromatic rings. The van der Waals surface area contributed by atoms with E-state index in [-0.39, 0.29) is 0 Å². The fourth-order valence-electron chi connectivity index (χ4n) is 6.17. The second kappa shape index (κ2) is 11.2. The molecule has 4 unspecified atom stereocenters. The van der Waals surface area contributed by atoms with E-state index in [1.54, 1.807) is 69.5 Å². The summed E-state index contributed by atoms with van der Waals surface area (Å²) in [6, 6.07) is 0. The topological polar surface area (TPSA) is 0 Å². The van der Waals surface area contributed by atoms with E-state index in [2.05, 4.69) is 20.8 Å². The van der Waals surface area contributed by atoms with Gasteiger partial charge in [0.25, 0.3) is 14.1 Å². The zero-order valence-corrected chi connectivity index (χ0v) is 17.6. The monoisotopic (exact) mass is 334 g/mol. The lowest BCUT2D eigenvalue weighted by molar-refractivity contribution is 0.297. The van der Waals surface area contributed by atoms with Crippen molar-refractivity contribution in [3.63, 3.8) is 0 Å². The van der Waals surface area contributed by atoms with Gasteiger partial charge in [-0.15, -0.1) is 0 Å². The van der Waals surface area contributed by atoms with E-state index in [0.29, 0.717) is 0 Å². The molecule has 0 aromatic heterocycles. The summed E-state index contributed by atoms with van der Waals surface area (Å²) >= 11 is -0.577. The van der Waals surface area contributed by atoms with Crippen molar-refractivity contribution in [2.24, 2.45) is 11.8 Å². The molecule has 4 atom stereocenters. The van der Waals surface area contributed by atoms with Gasteiger partial charge in [-0.05, 0) is 0 Å². The summed E-state index contributed by atoms with van der Waals surface area (Å²) < 4.78 is 2.43. The summed E-state index contributed by atoms with van der Waals surface area (Å²) in [6.07, 6.45) is 21.5. The molecule has 0 amide bonds. The summed E-state index contributed by atoms with van der Waals surface area (Å²) in [7, 11) is 0. The molecule has 0 heterocycles. The molecule has 0 nitrogen and oxygen atoms in total. The Bertz CT molecular complexity index is 272. The van der Waals surface area contributed by atoms with Gasteiger partial charge in [0.1, 0.15) is 0 Å². The Kier molecular flexibility index (Phi) is 9.67. The van der Waals surface area contributed by atoms with Gasteiger partial charge in [-0.3, -0.25) is 0 Å². The van der Waals surface area contributed by atoms with Gasteiger partial charge in [-0.25, -0.2) is 0 Å². The van der Waals surface area contributed by atoms with Gasteiger partial charge in [-0.1, -0.05) is 137 Å². The van der Waals surface area contributed by atoms with Crippen molar-refractivity contribution in [2.45, 2.75) is 126 Å². The minimum atomic E-state index is -0.577. The van der Waals surface area contributed by atoms with Crippen LogP contribution in [0.25, 0.3) is 0 Å². The average Bonchev–Trinajstić information content (AvgIpc) is 2.60. The van der Waals surface area contributed by atoms with E-state index in [4.69, 9.17) is 0 Å². The molecule has 1 heteroatoms. The second-order valence-corrected chi connectivity index (χ2v) is 12.6. The molecule has 134 valence electrons. The van der Waals surface area contributed by atoms with Gasteiger partial charge in [-0.2, -0.15) is 0 Å². The summed E-state index contributed by atoms with van der Waals surface area (Å²) in [5, 5.41) is 1.60. The standard InChI is InChI=1S/2C10H19.C2H5.Al/c2*1-2-3-7-10-8-5-4-6-9-10;1-2;/h2*8,10H,2-7,9H2,1H3;1H2,2H3;. The highest BCUT2D eigenvalue weighted by Gasteiger charge is 2.42. The zero-order chi connectivity index (χ0) is 16.5.